The molecule has 0 aliphatic rings. The molecule has 21 heavy (non-hydrogen) atoms. The van der Waals surface area contributed by atoms with E-state index in [4.69, 9.17) is 26.8 Å². The minimum absolute atomic E-state index is 0.554. The first-order valence-corrected chi connectivity index (χ1v) is 7.11. The summed E-state index contributed by atoms with van der Waals surface area (Å²) < 4.78 is 10.8. The Labute approximate surface area is 129 Å². The van der Waals surface area contributed by atoms with Crippen LogP contribution in [0.25, 0.3) is 0 Å². The summed E-state index contributed by atoms with van der Waals surface area (Å²) in [6.07, 6.45) is 0. The van der Waals surface area contributed by atoms with Gasteiger partial charge in [0.15, 0.2) is 0 Å². The third kappa shape index (κ3) is 3.73. The summed E-state index contributed by atoms with van der Waals surface area (Å²) in [7, 11) is 1.63. The van der Waals surface area contributed by atoms with Crippen LogP contribution < -0.4 is 20.5 Å². The molecule has 0 saturated carbocycles. The maximum atomic E-state index is 6.22. The van der Waals surface area contributed by atoms with Gasteiger partial charge in [0.2, 0.25) is 0 Å². The fourth-order valence-corrected chi connectivity index (χ4v) is 2.25. The molecule has 0 spiro atoms. The highest BCUT2D eigenvalue weighted by Crippen LogP contribution is 2.29. The zero-order valence-corrected chi connectivity index (χ0v) is 12.9. The number of anilines is 2. The van der Waals surface area contributed by atoms with Crippen molar-refractivity contribution in [3.8, 4) is 11.5 Å². The predicted octanol–water partition coefficient (Wildman–Crippen LogP) is 3.94. The van der Waals surface area contributed by atoms with Crippen molar-refractivity contribution >= 4 is 23.0 Å². The van der Waals surface area contributed by atoms with Gasteiger partial charge in [0.25, 0.3) is 0 Å². The molecule has 0 unspecified atom stereocenters. The number of hydrogen-bond donors (Lipinski definition) is 2. The van der Waals surface area contributed by atoms with E-state index < -0.39 is 0 Å². The monoisotopic (exact) mass is 306 g/mol. The Balaban J connectivity index is 2.15. The zero-order valence-electron chi connectivity index (χ0n) is 12.2. The van der Waals surface area contributed by atoms with Gasteiger partial charge in [-0.15, -0.1) is 0 Å². The first-order valence-electron chi connectivity index (χ1n) is 6.73. The molecule has 0 aliphatic heterocycles. The minimum Gasteiger partial charge on any atom is -0.496 e. The standard InChI is InChI=1S/C16H19ClN2O2/c1-3-21-16-9-11(7-8-14(16)18)19-10-12-13(17)5-4-6-15(12)20-2/h4-9,19H,3,10,18H2,1-2H3. The number of ether oxygens (including phenoxy) is 2. The van der Waals surface area contributed by atoms with Crippen LogP contribution in [0.3, 0.4) is 0 Å². The van der Waals surface area contributed by atoms with E-state index in [1.165, 1.54) is 0 Å². The highest BCUT2D eigenvalue weighted by atomic mass is 35.5. The summed E-state index contributed by atoms with van der Waals surface area (Å²) in [5.74, 6) is 1.43. The van der Waals surface area contributed by atoms with Gasteiger partial charge >= 0.3 is 0 Å². The van der Waals surface area contributed by atoms with E-state index in [2.05, 4.69) is 5.32 Å². The summed E-state index contributed by atoms with van der Waals surface area (Å²) in [6.45, 7) is 3.05. The highest BCUT2D eigenvalue weighted by molar-refractivity contribution is 6.31. The fourth-order valence-electron chi connectivity index (χ4n) is 2.02. The van der Waals surface area contributed by atoms with Crippen molar-refractivity contribution in [2.75, 3.05) is 24.8 Å². The number of nitrogen functional groups attached to an aromatic ring is 1. The van der Waals surface area contributed by atoms with Gasteiger partial charge in [0, 0.05) is 28.9 Å². The molecule has 112 valence electrons. The van der Waals surface area contributed by atoms with Crippen molar-refractivity contribution in [3.05, 3.63) is 47.0 Å². The fraction of sp³-hybridized carbons (Fsp3) is 0.250. The van der Waals surface area contributed by atoms with Crippen molar-refractivity contribution in [2.45, 2.75) is 13.5 Å². The largest absolute Gasteiger partial charge is 0.496 e. The Bertz CT molecular complexity index is 617. The van der Waals surface area contributed by atoms with Crippen LogP contribution in [0.15, 0.2) is 36.4 Å². The van der Waals surface area contributed by atoms with Gasteiger partial charge in [-0.2, -0.15) is 0 Å². The Kier molecular flexibility index (Phi) is 5.17. The Morgan fingerprint density at radius 1 is 1.19 bits per heavy atom. The first-order chi connectivity index (χ1) is 10.2. The maximum Gasteiger partial charge on any atom is 0.144 e. The summed E-state index contributed by atoms with van der Waals surface area (Å²) in [4.78, 5) is 0. The van der Waals surface area contributed by atoms with Gasteiger partial charge in [0.05, 0.1) is 19.4 Å². The lowest BCUT2D eigenvalue weighted by molar-refractivity contribution is 0.342. The van der Waals surface area contributed by atoms with Gasteiger partial charge in [-0.25, -0.2) is 0 Å². The van der Waals surface area contributed by atoms with Crippen LogP contribution in [-0.2, 0) is 6.54 Å². The van der Waals surface area contributed by atoms with Gasteiger partial charge in [-0.3, -0.25) is 0 Å². The normalized spacial score (nSPS) is 10.2. The lowest BCUT2D eigenvalue weighted by atomic mass is 10.2. The van der Waals surface area contributed by atoms with Crippen molar-refractivity contribution in [2.24, 2.45) is 0 Å². The van der Waals surface area contributed by atoms with Crippen LogP contribution in [0.4, 0.5) is 11.4 Å². The molecule has 0 aromatic heterocycles. The van der Waals surface area contributed by atoms with E-state index >= 15 is 0 Å². The Hall–Kier alpha value is -2.07. The maximum absolute atomic E-state index is 6.22. The van der Waals surface area contributed by atoms with Crippen LogP contribution >= 0.6 is 11.6 Å². The molecule has 2 aromatic carbocycles. The van der Waals surface area contributed by atoms with Gasteiger partial charge in [-0.05, 0) is 31.2 Å². The molecular formula is C16H19ClN2O2. The summed E-state index contributed by atoms with van der Waals surface area (Å²) >= 11 is 6.22. The van der Waals surface area contributed by atoms with Crippen LogP contribution in [0.5, 0.6) is 11.5 Å². The molecular weight excluding hydrogens is 288 g/mol. The molecule has 2 aromatic rings. The second-order valence-corrected chi connectivity index (χ2v) is 4.87. The smallest absolute Gasteiger partial charge is 0.144 e. The van der Waals surface area contributed by atoms with Crippen LogP contribution in [0, 0.1) is 0 Å². The second kappa shape index (κ2) is 7.09. The molecule has 0 bridgehead atoms. The average molecular weight is 307 g/mol. The third-order valence-corrected chi connectivity index (χ3v) is 3.43. The number of nitrogens with one attached hydrogen (secondary N) is 1. The van der Waals surface area contributed by atoms with E-state index in [9.17, 15) is 0 Å². The predicted molar refractivity (Wildman–Crippen MR) is 87.4 cm³/mol. The van der Waals surface area contributed by atoms with E-state index in [1.807, 2.05) is 43.3 Å². The Morgan fingerprint density at radius 2 is 2.00 bits per heavy atom. The number of hydrogen-bond acceptors (Lipinski definition) is 4. The average Bonchev–Trinajstić information content (AvgIpc) is 2.49. The van der Waals surface area contributed by atoms with E-state index in [0.717, 1.165) is 17.0 Å². The molecule has 0 aliphatic carbocycles. The van der Waals surface area contributed by atoms with Crippen molar-refractivity contribution in [1.82, 2.24) is 0 Å². The molecule has 0 atom stereocenters. The van der Waals surface area contributed by atoms with Crippen LogP contribution in [0.1, 0.15) is 12.5 Å². The second-order valence-electron chi connectivity index (χ2n) is 4.46. The molecule has 4 nitrogen and oxygen atoms in total. The molecule has 0 heterocycles. The molecule has 0 saturated heterocycles. The molecule has 5 heteroatoms. The molecule has 0 fully saturated rings. The summed E-state index contributed by atoms with van der Waals surface area (Å²) in [5.41, 5.74) is 8.31. The highest BCUT2D eigenvalue weighted by Gasteiger charge is 2.08. The Morgan fingerprint density at radius 3 is 2.71 bits per heavy atom. The van der Waals surface area contributed by atoms with Gasteiger partial charge in [-0.1, -0.05) is 17.7 Å². The number of benzene rings is 2. The SMILES string of the molecule is CCOc1cc(NCc2c(Cl)cccc2OC)ccc1N. The molecule has 2 rings (SSSR count). The minimum atomic E-state index is 0.554. The molecule has 0 amide bonds. The topological polar surface area (TPSA) is 56.5 Å². The van der Waals surface area contributed by atoms with Crippen molar-refractivity contribution in [3.63, 3.8) is 0 Å². The number of halogens is 1. The lowest BCUT2D eigenvalue weighted by Crippen LogP contribution is -2.04. The zero-order chi connectivity index (χ0) is 15.2. The lowest BCUT2D eigenvalue weighted by Gasteiger charge is -2.14. The molecule has 3 N–H and O–H groups in total. The van der Waals surface area contributed by atoms with E-state index in [-0.39, 0.29) is 0 Å². The van der Waals surface area contributed by atoms with Gasteiger partial charge in [0.1, 0.15) is 11.5 Å². The number of methoxy groups -OCH3 is 1. The third-order valence-electron chi connectivity index (χ3n) is 3.08. The quantitative estimate of drug-likeness (QED) is 0.794. The van der Waals surface area contributed by atoms with E-state index in [0.29, 0.717) is 29.6 Å². The van der Waals surface area contributed by atoms with Crippen molar-refractivity contribution < 1.29 is 9.47 Å². The number of nitrogens with two attached hydrogens (primary N) is 1. The molecule has 0 radical (unpaired) electrons. The van der Waals surface area contributed by atoms with Crippen LogP contribution in [0.2, 0.25) is 5.02 Å². The summed E-state index contributed by atoms with van der Waals surface area (Å²) in [6, 6.07) is 11.2. The van der Waals surface area contributed by atoms with Crippen LogP contribution in [-0.4, -0.2) is 13.7 Å². The first kappa shape index (κ1) is 15.3. The summed E-state index contributed by atoms with van der Waals surface area (Å²) in [5, 5.41) is 3.97. The van der Waals surface area contributed by atoms with E-state index in [1.54, 1.807) is 7.11 Å². The van der Waals surface area contributed by atoms with Gasteiger partial charge < -0.3 is 20.5 Å². The number of rotatable bonds is 6. The van der Waals surface area contributed by atoms with Crippen molar-refractivity contribution in [1.29, 1.82) is 0 Å².